The van der Waals surface area contributed by atoms with E-state index in [1.807, 2.05) is 31.3 Å². The monoisotopic (exact) mass is 529 g/mol. The van der Waals surface area contributed by atoms with Crippen molar-refractivity contribution in [1.82, 2.24) is 24.8 Å². The van der Waals surface area contributed by atoms with Gasteiger partial charge in [-0.25, -0.2) is 4.98 Å². The number of nitrogens with zero attached hydrogens (tertiary/aromatic N) is 4. The van der Waals surface area contributed by atoms with Crippen LogP contribution >= 0.6 is 0 Å². The lowest BCUT2D eigenvalue weighted by molar-refractivity contribution is 0.102. The minimum Gasteiger partial charge on any atom is -0.399 e. The van der Waals surface area contributed by atoms with Crippen LogP contribution in [0.5, 0.6) is 0 Å². The molecule has 0 aliphatic heterocycles. The van der Waals surface area contributed by atoms with E-state index in [9.17, 15) is 4.79 Å². The first-order valence-electron chi connectivity index (χ1n) is 13.1. The van der Waals surface area contributed by atoms with Gasteiger partial charge in [0.25, 0.3) is 5.91 Å². The molecule has 1 fully saturated rings. The van der Waals surface area contributed by atoms with Crippen LogP contribution in [0.1, 0.15) is 63.4 Å². The van der Waals surface area contributed by atoms with Crippen LogP contribution in [-0.4, -0.2) is 44.6 Å². The molecule has 39 heavy (non-hydrogen) atoms. The number of benzene rings is 2. The summed E-state index contributed by atoms with van der Waals surface area (Å²) in [6.45, 7) is 4.21. The molecule has 0 bridgehead atoms. The highest BCUT2D eigenvalue weighted by Crippen LogP contribution is 2.29. The molecule has 0 saturated heterocycles. The third-order valence-electron chi connectivity index (χ3n) is 7.00. The highest BCUT2D eigenvalue weighted by Gasteiger charge is 2.22. The summed E-state index contributed by atoms with van der Waals surface area (Å²) in [5, 5.41) is 13.3. The standard InChI is InChI=1S/C28H35N9O.CH4/c1-17(2)37-16-31-24-25(35-28(36-26(24)37)34-21-13-11-20(30-3)12-14-21)32-22-5-4-6-23(15-22)33-27(38)18-7-9-19(29)10-8-18;/h4-10,15-17,20-21,30H,11-14,29H2,1-3H3,(H,33,38)(H2,32,34,35,36);1H4. The van der Waals surface area contributed by atoms with Gasteiger partial charge in [0.2, 0.25) is 5.95 Å². The smallest absolute Gasteiger partial charge is 0.255 e. The summed E-state index contributed by atoms with van der Waals surface area (Å²) < 4.78 is 2.05. The van der Waals surface area contributed by atoms with E-state index in [-0.39, 0.29) is 19.4 Å². The van der Waals surface area contributed by atoms with Crippen LogP contribution in [0.25, 0.3) is 11.2 Å². The third kappa shape index (κ3) is 6.46. The second-order valence-corrected chi connectivity index (χ2v) is 10.1. The van der Waals surface area contributed by atoms with E-state index in [4.69, 9.17) is 15.7 Å². The van der Waals surface area contributed by atoms with E-state index >= 15 is 0 Å². The first-order valence-corrected chi connectivity index (χ1v) is 13.1. The minimum atomic E-state index is -0.207. The molecule has 206 valence electrons. The van der Waals surface area contributed by atoms with Crippen molar-refractivity contribution in [2.75, 3.05) is 28.7 Å². The van der Waals surface area contributed by atoms with Crippen LogP contribution in [0.4, 0.5) is 28.8 Å². The molecule has 10 nitrogen and oxygen atoms in total. The van der Waals surface area contributed by atoms with Gasteiger partial charge in [0.15, 0.2) is 17.0 Å². The molecule has 5 rings (SSSR count). The van der Waals surface area contributed by atoms with Crippen molar-refractivity contribution >= 4 is 45.9 Å². The van der Waals surface area contributed by atoms with Crippen molar-refractivity contribution in [1.29, 1.82) is 0 Å². The van der Waals surface area contributed by atoms with Crippen molar-refractivity contribution in [3.8, 4) is 0 Å². The predicted molar refractivity (Wildman–Crippen MR) is 160 cm³/mol. The molecule has 1 saturated carbocycles. The van der Waals surface area contributed by atoms with Gasteiger partial charge >= 0.3 is 0 Å². The Balaban J connectivity index is 0.00000353. The maximum atomic E-state index is 12.7. The van der Waals surface area contributed by atoms with Crippen LogP contribution in [0, 0.1) is 0 Å². The molecule has 2 aromatic carbocycles. The summed E-state index contributed by atoms with van der Waals surface area (Å²) in [5.41, 5.74) is 9.80. The van der Waals surface area contributed by atoms with E-state index in [1.165, 1.54) is 0 Å². The summed E-state index contributed by atoms with van der Waals surface area (Å²) in [5.74, 6) is 0.993. The quantitative estimate of drug-likeness (QED) is 0.187. The van der Waals surface area contributed by atoms with E-state index in [2.05, 4.69) is 44.7 Å². The van der Waals surface area contributed by atoms with Gasteiger partial charge in [0, 0.05) is 40.8 Å². The number of aromatic nitrogens is 4. The van der Waals surface area contributed by atoms with Gasteiger partial charge in [-0.05, 0) is 89.0 Å². The zero-order chi connectivity index (χ0) is 26.6. The Morgan fingerprint density at radius 2 is 1.69 bits per heavy atom. The molecule has 0 unspecified atom stereocenters. The molecule has 0 atom stereocenters. The zero-order valence-electron chi connectivity index (χ0n) is 22.0. The molecule has 0 radical (unpaired) electrons. The summed E-state index contributed by atoms with van der Waals surface area (Å²) in [6.07, 6.45) is 6.19. The fraction of sp³-hybridized carbons (Fsp3) is 0.379. The molecule has 2 heterocycles. The number of nitrogen functional groups attached to an aromatic ring is 1. The topological polar surface area (TPSA) is 135 Å². The Bertz CT molecular complexity index is 1410. The average molecular weight is 530 g/mol. The number of nitrogens with one attached hydrogen (secondary N) is 4. The predicted octanol–water partition coefficient (Wildman–Crippen LogP) is 5.56. The second kappa shape index (κ2) is 12.1. The van der Waals surface area contributed by atoms with Crippen molar-refractivity contribution in [2.24, 2.45) is 0 Å². The molecule has 6 N–H and O–H groups in total. The van der Waals surface area contributed by atoms with Gasteiger partial charge in [-0.1, -0.05) is 13.5 Å². The molecule has 2 aromatic heterocycles. The van der Waals surface area contributed by atoms with Gasteiger partial charge in [0.1, 0.15) is 0 Å². The van der Waals surface area contributed by atoms with Crippen LogP contribution in [-0.2, 0) is 0 Å². The second-order valence-electron chi connectivity index (χ2n) is 10.1. The van der Waals surface area contributed by atoms with Crippen LogP contribution in [0.2, 0.25) is 0 Å². The molecule has 1 aliphatic rings. The lowest BCUT2D eigenvalue weighted by atomic mass is 9.91. The van der Waals surface area contributed by atoms with Crippen LogP contribution in [0.3, 0.4) is 0 Å². The van der Waals surface area contributed by atoms with E-state index in [1.54, 1.807) is 30.6 Å². The van der Waals surface area contributed by atoms with Crippen LogP contribution < -0.4 is 27.0 Å². The molecule has 4 aromatic rings. The Hall–Kier alpha value is -4.18. The largest absolute Gasteiger partial charge is 0.399 e. The highest BCUT2D eigenvalue weighted by atomic mass is 16.1. The van der Waals surface area contributed by atoms with E-state index in [0.717, 1.165) is 37.0 Å². The summed E-state index contributed by atoms with van der Waals surface area (Å²) in [7, 11) is 2.03. The number of carbonyl (C=O) groups excluding carboxylic acids is 1. The number of fused-ring (bicyclic) bond motifs is 1. The fourth-order valence-corrected chi connectivity index (χ4v) is 4.80. The van der Waals surface area contributed by atoms with Gasteiger partial charge in [0.05, 0.1) is 6.33 Å². The van der Waals surface area contributed by atoms with Gasteiger partial charge in [-0.15, -0.1) is 0 Å². The number of hydrogen-bond donors (Lipinski definition) is 5. The van der Waals surface area contributed by atoms with Gasteiger partial charge in [-0.2, -0.15) is 9.97 Å². The normalized spacial score (nSPS) is 17.0. The molecule has 1 amide bonds. The lowest BCUT2D eigenvalue weighted by Gasteiger charge is -2.28. The Labute approximate surface area is 229 Å². The molecule has 1 aliphatic carbocycles. The number of imidazole rings is 1. The SMILES string of the molecule is C.CNC1CCC(Nc2nc(Nc3cccc(NC(=O)c4ccc(N)cc4)c3)c3ncn(C(C)C)c3n2)CC1. The van der Waals surface area contributed by atoms with Crippen molar-refractivity contribution < 1.29 is 4.79 Å². The molecular weight excluding hydrogens is 490 g/mol. The summed E-state index contributed by atoms with van der Waals surface area (Å²) >= 11 is 0. The third-order valence-corrected chi connectivity index (χ3v) is 7.00. The lowest BCUT2D eigenvalue weighted by Crippen LogP contribution is -2.35. The number of carbonyl (C=O) groups is 1. The molecule has 0 spiro atoms. The van der Waals surface area contributed by atoms with E-state index < -0.39 is 0 Å². The fourth-order valence-electron chi connectivity index (χ4n) is 4.80. The number of anilines is 5. The van der Waals surface area contributed by atoms with Gasteiger partial charge in [-0.3, -0.25) is 4.79 Å². The van der Waals surface area contributed by atoms with Crippen molar-refractivity contribution in [3.05, 3.63) is 60.4 Å². The van der Waals surface area contributed by atoms with Gasteiger partial charge < -0.3 is 31.6 Å². The number of rotatable bonds is 8. The zero-order valence-corrected chi connectivity index (χ0v) is 22.0. The number of nitrogens with two attached hydrogens (primary N) is 1. The highest BCUT2D eigenvalue weighted by molar-refractivity contribution is 6.04. The molecular formula is C29H39N9O. The maximum absolute atomic E-state index is 12.7. The number of amides is 1. The Kier molecular flexibility index (Phi) is 8.65. The Morgan fingerprint density at radius 1 is 1.00 bits per heavy atom. The van der Waals surface area contributed by atoms with Crippen LogP contribution in [0.15, 0.2) is 54.9 Å². The maximum Gasteiger partial charge on any atom is 0.255 e. The summed E-state index contributed by atoms with van der Waals surface area (Å²) in [6, 6.07) is 15.5. The Morgan fingerprint density at radius 3 is 2.38 bits per heavy atom. The molecule has 10 heteroatoms. The van der Waals surface area contributed by atoms with Crippen molar-refractivity contribution in [3.63, 3.8) is 0 Å². The first kappa shape index (κ1) is 27.8. The first-order chi connectivity index (χ1) is 18.4. The summed E-state index contributed by atoms with van der Waals surface area (Å²) in [4.78, 5) is 27.0. The van der Waals surface area contributed by atoms with E-state index in [0.29, 0.717) is 46.3 Å². The average Bonchev–Trinajstić information content (AvgIpc) is 3.34. The van der Waals surface area contributed by atoms with Crippen molar-refractivity contribution in [2.45, 2.75) is 65.1 Å². The minimum absolute atomic E-state index is 0. The number of hydrogen-bond acceptors (Lipinski definition) is 8.